The highest BCUT2D eigenvalue weighted by atomic mass is 35.5. The van der Waals surface area contributed by atoms with Gasteiger partial charge in [0.05, 0.1) is 11.6 Å². The number of hydrogen-bond donors (Lipinski definition) is 1. The van der Waals surface area contributed by atoms with Crippen molar-refractivity contribution < 1.29 is 23.1 Å². The highest BCUT2D eigenvalue weighted by Crippen LogP contribution is 2.42. The van der Waals surface area contributed by atoms with Crippen LogP contribution in [0.25, 0.3) is 0 Å². The Labute approximate surface area is 196 Å². The molecule has 0 unspecified atom stereocenters. The lowest BCUT2D eigenvalue weighted by Gasteiger charge is -2.42. The molecule has 0 amide bonds. The van der Waals surface area contributed by atoms with Crippen molar-refractivity contribution in [1.29, 1.82) is 0 Å². The SMILES string of the molecule is C=C(C)C#C[C@@H](c1ccccc1Cl)N1CC[C@H](CC(=O)O)C[C@@H]1c1ccc(C(F)(F)F)cc1. The van der Waals surface area contributed by atoms with E-state index in [-0.39, 0.29) is 18.4 Å². The summed E-state index contributed by atoms with van der Waals surface area (Å²) in [4.78, 5) is 13.4. The molecular formula is C26H25ClF3NO2. The third-order valence-corrected chi connectivity index (χ3v) is 6.14. The van der Waals surface area contributed by atoms with Crippen LogP contribution in [0.2, 0.25) is 5.02 Å². The number of carboxylic acid groups (broad SMARTS) is 1. The van der Waals surface area contributed by atoms with Gasteiger partial charge in [-0.05, 0) is 55.0 Å². The minimum absolute atomic E-state index is 0.0131. The average Bonchev–Trinajstić information content (AvgIpc) is 2.74. The zero-order valence-corrected chi connectivity index (χ0v) is 19.0. The highest BCUT2D eigenvalue weighted by Gasteiger charge is 2.36. The second kappa shape index (κ2) is 10.5. The molecule has 3 nitrogen and oxygen atoms in total. The minimum Gasteiger partial charge on any atom is -0.481 e. The van der Waals surface area contributed by atoms with Gasteiger partial charge in [0.25, 0.3) is 0 Å². The predicted molar refractivity (Wildman–Crippen MR) is 123 cm³/mol. The molecule has 0 aliphatic carbocycles. The largest absolute Gasteiger partial charge is 0.481 e. The van der Waals surface area contributed by atoms with Gasteiger partial charge in [0.1, 0.15) is 0 Å². The maximum atomic E-state index is 13.1. The predicted octanol–water partition coefficient (Wildman–Crippen LogP) is 6.91. The Bertz CT molecular complexity index is 1070. The first-order valence-corrected chi connectivity index (χ1v) is 11.0. The Morgan fingerprint density at radius 1 is 1.24 bits per heavy atom. The Morgan fingerprint density at radius 2 is 1.91 bits per heavy atom. The Hall–Kier alpha value is -2.75. The molecule has 0 radical (unpaired) electrons. The van der Waals surface area contributed by atoms with Crippen LogP contribution in [-0.4, -0.2) is 22.5 Å². The van der Waals surface area contributed by atoms with E-state index in [4.69, 9.17) is 11.6 Å². The van der Waals surface area contributed by atoms with E-state index in [0.717, 1.165) is 17.7 Å². The van der Waals surface area contributed by atoms with Crippen molar-refractivity contribution in [2.45, 2.75) is 44.4 Å². The van der Waals surface area contributed by atoms with Crippen LogP contribution in [-0.2, 0) is 11.0 Å². The number of aliphatic carboxylic acids is 1. The lowest BCUT2D eigenvalue weighted by atomic mass is 9.83. The molecule has 3 rings (SSSR count). The summed E-state index contributed by atoms with van der Waals surface area (Å²) in [7, 11) is 0. The summed E-state index contributed by atoms with van der Waals surface area (Å²) in [6, 6.07) is 11.7. The molecule has 1 N–H and O–H groups in total. The first-order valence-electron chi connectivity index (χ1n) is 10.6. The summed E-state index contributed by atoms with van der Waals surface area (Å²) in [6.45, 7) is 6.17. The summed E-state index contributed by atoms with van der Waals surface area (Å²) in [6.07, 6.45) is -3.28. The van der Waals surface area contributed by atoms with Crippen LogP contribution in [0.1, 0.15) is 55.0 Å². The molecule has 1 fully saturated rings. The molecule has 1 heterocycles. The molecule has 33 heavy (non-hydrogen) atoms. The van der Waals surface area contributed by atoms with Gasteiger partial charge in [-0.2, -0.15) is 13.2 Å². The van der Waals surface area contributed by atoms with E-state index in [0.29, 0.717) is 35.5 Å². The molecule has 1 aliphatic heterocycles. The summed E-state index contributed by atoms with van der Waals surface area (Å²) in [5, 5.41) is 9.83. The van der Waals surface area contributed by atoms with Crippen molar-refractivity contribution >= 4 is 17.6 Å². The molecule has 1 aliphatic rings. The van der Waals surface area contributed by atoms with Crippen LogP contribution in [0, 0.1) is 17.8 Å². The quantitative estimate of drug-likeness (QED) is 0.478. The summed E-state index contributed by atoms with van der Waals surface area (Å²) < 4.78 is 39.3. The first kappa shape index (κ1) is 24.9. The van der Waals surface area contributed by atoms with Crippen molar-refractivity contribution in [3.05, 3.63) is 82.4 Å². The van der Waals surface area contributed by atoms with Crippen LogP contribution in [0.5, 0.6) is 0 Å². The molecule has 0 bridgehead atoms. The van der Waals surface area contributed by atoms with Crippen molar-refractivity contribution in [2.75, 3.05) is 6.54 Å². The molecule has 1 saturated heterocycles. The molecule has 0 aromatic heterocycles. The van der Waals surface area contributed by atoms with Crippen LogP contribution in [0.4, 0.5) is 13.2 Å². The van der Waals surface area contributed by atoms with Gasteiger partial charge in [0.2, 0.25) is 0 Å². The van der Waals surface area contributed by atoms with E-state index in [2.05, 4.69) is 23.3 Å². The van der Waals surface area contributed by atoms with E-state index in [1.54, 1.807) is 13.0 Å². The Balaban J connectivity index is 2.05. The zero-order valence-electron chi connectivity index (χ0n) is 18.2. The standard InChI is InChI=1S/C26H25ClF3NO2/c1-17(2)7-12-23(21-5-3-4-6-22(21)27)31-14-13-18(16-25(32)33)15-24(31)19-8-10-20(11-9-19)26(28,29)30/h3-6,8-11,18,23-24H,1,13-16H2,2H3,(H,32,33)/t18-,23-,24+/m0/s1. The van der Waals surface area contributed by atoms with Crippen LogP contribution in [0.3, 0.4) is 0 Å². The number of benzene rings is 2. The number of alkyl halides is 3. The summed E-state index contributed by atoms with van der Waals surface area (Å²) in [5.74, 6) is 5.28. The van der Waals surface area contributed by atoms with Crippen molar-refractivity contribution in [3.63, 3.8) is 0 Å². The highest BCUT2D eigenvalue weighted by molar-refractivity contribution is 6.31. The number of halogens is 4. The number of carboxylic acids is 1. The third kappa shape index (κ3) is 6.40. The van der Waals surface area contributed by atoms with Crippen molar-refractivity contribution in [3.8, 4) is 11.8 Å². The van der Waals surface area contributed by atoms with Crippen molar-refractivity contribution in [2.24, 2.45) is 5.92 Å². The van der Waals surface area contributed by atoms with Crippen LogP contribution >= 0.6 is 11.6 Å². The van der Waals surface area contributed by atoms with Crippen LogP contribution in [0.15, 0.2) is 60.7 Å². The van der Waals surface area contributed by atoms with E-state index in [9.17, 15) is 23.1 Å². The van der Waals surface area contributed by atoms with E-state index in [1.807, 2.05) is 18.2 Å². The van der Waals surface area contributed by atoms with E-state index in [1.165, 1.54) is 12.1 Å². The molecule has 2 aromatic carbocycles. The Kier molecular flexibility index (Phi) is 7.88. The van der Waals surface area contributed by atoms with Crippen LogP contribution < -0.4 is 0 Å². The van der Waals surface area contributed by atoms with Gasteiger partial charge < -0.3 is 5.11 Å². The maximum absolute atomic E-state index is 13.1. The number of rotatable bonds is 5. The normalized spacial score (nSPS) is 19.9. The van der Waals surface area contributed by atoms with Crippen molar-refractivity contribution in [1.82, 2.24) is 4.90 Å². The molecule has 0 spiro atoms. The minimum atomic E-state index is -4.43. The second-order valence-corrected chi connectivity index (χ2v) is 8.74. The fraction of sp³-hybridized carbons (Fsp3) is 0.346. The van der Waals surface area contributed by atoms with Gasteiger partial charge in [0.15, 0.2) is 0 Å². The lowest BCUT2D eigenvalue weighted by molar-refractivity contribution is -0.139. The third-order valence-electron chi connectivity index (χ3n) is 5.79. The molecular weight excluding hydrogens is 451 g/mol. The van der Waals surface area contributed by atoms with Gasteiger partial charge >= 0.3 is 12.1 Å². The fourth-order valence-electron chi connectivity index (χ4n) is 4.25. The Morgan fingerprint density at radius 3 is 2.48 bits per heavy atom. The summed E-state index contributed by atoms with van der Waals surface area (Å²) >= 11 is 6.50. The number of nitrogens with zero attached hydrogens (tertiary/aromatic N) is 1. The van der Waals surface area contributed by atoms with Gasteiger partial charge in [-0.1, -0.05) is 60.4 Å². The van der Waals surface area contributed by atoms with Gasteiger partial charge in [-0.25, -0.2) is 0 Å². The van der Waals surface area contributed by atoms with E-state index < -0.39 is 23.8 Å². The monoisotopic (exact) mass is 475 g/mol. The number of likely N-dealkylation sites (tertiary alicyclic amines) is 1. The number of hydrogen-bond acceptors (Lipinski definition) is 2. The molecule has 2 aromatic rings. The fourth-order valence-corrected chi connectivity index (χ4v) is 4.49. The van der Waals surface area contributed by atoms with Gasteiger partial charge in [0, 0.05) is 29.6 Å². The molecule has 0 saturated carbocycles. The number of piperidine rings is 1. The number of allylic oxidation sites excluding steroid dienone is 1. The number of carbonyl (C=O) groups is 1. The molecule has 3 atom stereocenters. The smallest absolute Gasteiger partial charge is 0.416 e. The molecule has 7 heteroatoms. The average molecular weight is 476 g/mol. The van der Waals surface area contributed by atoms with Gasteiger partial charge in [-0.3, -0.25) is 9.69 Å². The first-order chi connectivity index (χ1) is 15.6. The van der Waals surface area contributed by atoms with E-state index >= 15 is 0 Å². The maximum Gasteiger partial charge on any atom is 0.416 e. The second-order valence-electron chi connectivity index (χ2n) is 8.34. The summed E-state index contributed by atoms with van der Waals surface area (Å²) in [5.41, 5.74) is 1.44. The topological polar surface area (TPSA) is 40.5 Å². The molecule has 174 valence electrons. The zero-order chi connectivity index (χ0) is 24.2. The lowest BCUT2D eigenvalue weighted by Crippen LogP contribution is -2.39. The van der Waals surface area contributed by atoms with Gasteiger partial charge in [-0.15, -0.1) is 0 Å².